The van der Waals surface area contributed by atoms with E-state index in [-0.39, 0.29) is 12.5 Å². The van der Waals surface area contributed by atoms with Gasteiger partial charge in [-0.15, -0.1) is 10.2 Å². The number of hydrogen-bond donors (Lipinski definition) is 0. The maximum absolute atomic E-state index is 12.4. The largest absolute Gasteiger partial charge is 0.483 e. The molecule has 0 aliphatic rings. The third-order valence-electron chi connectivity index (χ3n) is 4.45. The van der Waals surface area contributed by atoms with Crippen molar-refractivity contribution < 1.29 is 14.3 Å². The number of nitrogens with zero attached hydrogens (tertiary/aromatic N) is 4. The second-order valence-electron chi connectivity index (χ2n) is 6.32. The Bertz CT molecular complexity index is 702. The van der Waals surface area contributed by atoms with Crippen molar-refractivity contribution in [2.75, 3.05) is 27.4 Å². The Hall–Kier alpha value is -2.41. The van der Waals surface area contributed by atoms with Crippen LogP contribution < -0.4 is 4.74 Å². The van der Waals surface area contributed by atoms with Crippen LogP contribution in [0.4, 0.5) is 0 Å². The first-order valence-electron chi connectivity index (χ1n) is 8.88. The molecule has 0 spiro atoms. The van der Waals surface area contributed by atoms with Crippen molar-refractivity contribution in [2.45, 2.75) is 39.3 Å². The van der Waals surface area contributed by atoms with Gasteiger partial charge < -0.3 is 18.9 Å². The Labute approximate surface area is 154 Å². The number of rotatable bonds is 10. The number of hydrogen-bond acceptors (Lipinski definition) is 5. The number of methoxy groups -OCH3 is 1. The van der Waals surface area contributed by atoms with Crippen molar-refractivity contribution in [3.8, 4) is 5.75 Å². The molecule has 0 bridgehead atoms. The number of aromatic nitrogens is 3. The molecule has 1 aromatic heterocycles. The van der Waals surface area contributed by atoms with Gasteiger partial charge in [-0.05, 0) is 24.0 Å². The second-order valence-corrected chi connectivity index (χ2v) is 6.32. The Morgan fingerprint density at radius 1 is 1.35 bits per heavy atom. The average Bonchev–Trinajstić information content (AvgIpc) is 3.10. The van der Waals surface area contributed by atoms with Crippen LogP contribution in [0.15, 0.2) is 30.6 Å². The van der Waals surface area contributed by atoms with Crippen LogP contribution in [0, 0.1) is 0 Å². The Kier molecular flexibility index (Phi) is 7.59. The summed E-state index contributed by atoms with van der Waals surface area (Å²) < 4.78 is 12.8. The molecule has 0 saturated carbocycles. The summed E-state index contributed by atoms with van der Waals surface area (Å²) in [6.07, 6.45) is 2.66. The molecule has 0 saturated heterocycles. The fourth-order valence-electron chi connectivity index (χ4n) is 2.57. The lowest BCUT2D eigenvalue weighted by atomic mass is 9.98. The van der Waals surface area contributed by atoms with Gasteiger partial charge in [0.15, 0.2) is 12.4 Å². The molecule has 7 nitrogen and oxygen atoms in total. The lowest BCUT2D eigenvalue weighted by Gasteiger charge is -2.19. The molecule has 1 atom stereocenters. The van der Waals surface area contributed by atoms with Crippen LogP contribution in [-0.4, -0.2) is 52.9 Å². The van der Waals surface area contributed by atoms with Crippen LogP contribution in [0.5, 0.6) is 5.75 Å². The molecule has 0 aliphatic heterocycles. The van der Waals surface area contributed by atoms with Crippen molar-refractivity contribution in [1.29, 1.82) is 0 Å². The van der Waals surface area contributed by atoms with Gasteiger partial charge in [0.1, 0.15) is 12.1 Å². The zero-order valence-electron chi connectivity index (χ0n) is 16.0. The predicted octanol–water partition coefficient (Wildman–Crippen LogP) is 2.48. The number of carbonyl (C=O) groups is 1. The van der Waals surface area contributed by atoms with E-state index in [0.717, 1.165) is 23.6 Å². The van der Waals surface area contributed by atoms with Crippen LogP contribution >= 0.6 is 0 Å². The smallest absolute Gasteiger partial charge is 0.260 e. The zero-order chi connectivity index (χ0) is 18.9. The topological polar surface area (TPSA) is 69.5 Å². The lowest BCUT2D eigenvalue weighted by Crippen LogP contribution is -2.32. The highest BCUT2D eigenvalue weighted by Crippen LogP contribution is 2.28. The highest BCUT2D eigenvalue weighted by atomic mass is 16.5. The van der Waals surface area contributed by atoms with E-state index in [1.165, 1.54) is 0 Å². The van der Waals surface area contributed by atoms with E-state index in [1.54, 1.807) is 25.4 Å². The summed E-state index contributed by atoms with van der Waals surface area (Å²) in [6, 6.07) is 7.88. The van der Waals surface area contributed by atoms with Crippen LogP contribution in [0.2, 0.25) is 0 Å². The van der Waals surface area contributed by atoms with Gasteiger partial charge in [0, 0.05) is 20.7 Å². The molecular weight excluding hydrogens is 332 g/mol. The van der Waals surface area contributed by atoms with Crippen molar-refractivity contribution in [1.82, 2.24) is 19.7 Å². The van der Waals surface area contributed by atoms with E-state index < -0.39 is 0 Å². The molecule has 26 heavy (non-hydrogen) atoms. The first-order chi connectivity index (χ1) is 12.6. The van der Waals surface area contributed by atoms with Crippen LogP contribution in [-0.2, 0) is 22.6 Å². The van der Waals surface area contributed by atoms with E-state index in [4.69, 9.17) is 9.47 Å². The molecule has 0 unspecified atom stereocenters. The minimum Gasteiger partial charge on any atom is -0.483 e. The average molecular weight is 360 g/mol. The van der Waals surface area contributed by atoms with Gasteiger partial charge in [-0.2, -0.15) is 0 Å². The summed E-state index contributed by atoms with van der Waals surface area (Å²) in [5.41, 5.74) is 1.13. The molecule has 0 radical (unpaired) electrons. The van der Waals surface area contributed by atoms with E-state index in [2.05, 4.69) is 30.1 Å². The lowest BCUT2D eigenvalue weighted by molar-refractivity contribution is -0.132. The number of ether oxygens (including phenoxy) is 2. The molecule has 1 aromatic carbocycles. The van der Waals surface area contributed by atoms with Crippen LogP contribution in [0.1, 0.15) is 37.6 Å². The summed E-state index contributed by atoms with van der Waals surface area (Å²) in [6.45, 7) is 5.88. The third-order valence-corrected chi connectivity index (χ3v) is 4.45. The van der Waals surface area contributed by atoms with Crippen molar-refractivity contribution in [3.05, 3.63) is 42.0 Å². The quantitative estimate of drug-likeness (QED) is 0.651. The third kappa shape index (κ3) is 5.29. The summed E-state index contributed by atoms with van der Waals surface area (Å²) in [4.78, 5) is 14.0. The number of likely N-dealkylation sites (N-methyl/N-ethyl adjacent to an activating group) is 1. The molecule has 0 aliphatic carbocycles. The van der Waals surface area contributed by atoms with Gasteiger partial charge in [-0.25, -0.2) is 0 Å². The normalized spacial score (nSPS) is 12.0. The summed E-state index contributed by atoms with van der Waals surface area (Å²) >= 11 is 0. The van der Waals surface area contributed by atoms with Gasteiger partial charge in [0.2, 0.25) is 0 Å². The summed E-state index contributed by atoms with van der Waals surface area (Å²) in [5.74, 6) is 1.77. The molecule has 142 valence electrons. The number of benzene rings is 1. The molecule has 2 rings (SSSR count). The molecule has 1 heterocycles. The fourth-order valence-corrected chi connectivity index (χ4v) is 2.57. The number of para-hydroxylation sites is 1. The van der Waals surface area contributed by atoms with Crippen molar-refractivity contribution in [2.24, 2.45) is 0 Å². The maximum Gasteiger partial charge on any atom is 0.260 e. The molecular formula is C19H28N4O3. The highest BCUT2D eigenvalue weighted by molar-refractivity contribution is 5.77. The van der Waals surface area contributed by atoms with Crippen molar-refractivity contribution in [3.63, 3.8) is 0 Å². The minimum atomic E-state index is -0.106. The Balaban J connectivity index is 1.93. The van der Waals surface area contributed by atoms with Gasteiger partial charge >= 0.3 is 0 Å². The standard InChI is InChI=1S/C19H28N4O3/c1-5-15(2)16-8-6-7-9-17(16)26-13-19(24)22(3)12-18-21-20-14-23(18)10-11-25-4/h6-9,14-15H,5,10-13H2,1-4H3/t15-/m1/s1. The first kappa shape index (κ1) is 19.9. The van der Waals surface area contributed by atoms with E-state index in [1.807, 2.05) is 22.8 Å². The van der Waals surface area contributed by atoms with Gasteiger partial charge in [0.25, 0.3) is 5.91 Å². The van der Waals surface area contributed by atoms with Crippen LogP contribution in [0.3, 0.4) is 0 Å². The second kappa shape index (κ2) is 9.91. The number of carbonyl (C=O) groups excluding carboxylic acids is 1. The summed E-state index contributed by atoms with van der Waals surface area (Å²) in [5, 5.41) is 7.99. The fraction of sp³-hybridized carbons (Fsp3) is 0.526. The van der Waals surface area contributed by atoms with Gasteiger partial charge in [-0.3, -0.25) is 4.79 Å². The zero-order valence-corrected chi connectivity index (χ0v) is 16.0. The molecule has 7 heteroatoms. The SMILES string of the molecule is CC[C@@H](C)c1ccccc1OCC(=O)N(C)Cc1nncn1CCOC. The minimum absolute atomic E-state index is 0.00381. The number of amides is 1. The molecule has 1 amide bonds. The maximum atomic E-state index is 12.4. The molecule has 0 N–H and O–H groups in total. The first-order valence-corrected chi connectivity index (χ1v) is 8.88. The highest BCUT2D eigenvalue weighted by Gasteiger charge is 2.16. The van der Waals surface area contributed by atoms with Gasteiger partial charge in [-0.1, -0.05) is 32.0 Å². The van der Waals surface area contributed by atoms with Crippen molar-refractivity contribution >= 4 is 5.91 Å². The van der Waals surface area contributed by atoms with Gasteiger partial charge in [0.05, 0.1) is 13.2 Å². The van der Waals surface area contributed by atoms with E-state index >= 15 is 0 Å². The monoisotopic (exact) mass is 360 g/mol. The Morgan fingerprint density at radius 3 is 2.85 bits per heavy atom. The molecule has 0 fully saturated rings. The van der Waals surface area contributed by atoms with Crippen LogP contribution in [0.25, 0.3) is 0 Å². The van der Waals surface area contributed by atoms with E-state index in [0.29, 0.717) is 25.6 Å². The molecule has 2 aromatic rings. The predicted molar refractivity (Wildman–Crippen MR) is 99.0 cm³/mol. The van der Waals surface area contributed by atoms with E-state index in [9.17, 15) is 4.79 Å². The summed E-state index contributed by atoms with van der Waals surface area (Å²) in [7, 11) is 3.38. The Morgan fingerprint density at radius 2 is 2.12 bits per heavy atom.